The number of anilines is 1. The summed E-state index contributed by atoms with van der Waals surface area (Å²) in [7, 11) is -3.55. The molecule has 158 valence electrons. The largest absolute Gasteiger partial charge is 0.343 e. The predicted molar refractivity (Wildman–Crippen MR) is 114 cm³/mol. The van der Waals surface area contributed by atoms with Crippen LogP contribution in [0.5, 0.6) is 0 Å². The van der Waals surface area contributed by atoms with Crippen molar-refractivity contribution in [3.05, 3.63) is 29.8 Å². The van der Waals surface area contributed by atoms with Crippen LogP contribution in [0.15, 0.2) is 24.3 Å². The van der Waals surface area contributed by atoms with Crippen LogP contribution in [-0.4, -0.2) is 62.3 Å². The zero-order valence-corrected chi connectivity index (χ0v) is 18.3. The minimum atomic E-state index is -3.55. The molecule has 2 rings (SSSR count). The lowest BCUT2D eigenvalue weighted by Crippen LogP contribution is -2.55. The molecule has 0 radical (unpaired) electrons. The van der Waals surface area contributed by atoms with Crippen molar-refractivity contribution < 1.29 is 18.0 Å². The number of carbonyl (C=O) groups excluding carboxylic acids is 2. The molecule has 0 atom stereocenters. The summed E-state index contributed by atoms with van der Waals surface area (Å²) in [6, 6.07) is 6.98. The summed E-state index contributed by atoms with van der Waals surface area (Å²) >= 11 is 0. The van der Waals surface area contributed by atoms with Gasteiger partial charge in [0.05, 0.1) is 6.42 Å². The Morgan fingerprint density at radius 3 is 2.11 bits per heavy atom. The molecule has 0 aliphatic carbocycles. The lowest BCUT2D eigenvalue weighted by molar-refractivity contribution is -0.130. The number of benzene rings is 1. The Morgan fingerprint density at radius 1 is 1.11 bits per heavy atom. The fourth-order valence-electron chi connectivity index (χ4n) is 3.41. The van der Waals surface area contributed by atoms with Crippen LogP contribution in [0.4, 0.5) is 5.69 Å². The third-order valence-electron chi connectivity index (χ3n) is 5.22. The molecule has 1 fully saturated rings. The highest BCUT2D eigenvalue weighted by atomic mass is 35.5. The fraction of sp³-hybridized carbons (Fsp3) is 0.579. The number of hydrogen-bond donors (Lipinski definition) is 2. The van der Waals surface area contributed by atoms with Gasteiger partial charge in [-0.25, -0.2) is 8.42 Å². The number of carbonyl (C=O) groups is 2. The number of sulfone groups is 1. The van der Waals surface area contributed by atoms with Crippen LogP contribution >= 0.6 is 12.4 Å². The van der Waals surface area contributed by atoms with Crippen molar-refractivity contribution in [3.63, 3.8) is 0 Å². The van der Waals surface area contributed by atoms with Gasteiger partial charge in [0.25, 0.3) is 0 Å². The lowest BCUT2D eigenvalue weighted by Gasteiger charge is -2.34. The second kappa shape index (κ2) is 10.2. The predicted octanol–water partition coefficient (Wildman–Crippen LogP) is 1.62. The number of nitrogens with one attached hydrogen (secondary N) is 2. The summed E-state index contributed by atoms with van der Waals surface area (Å²) in [4.78, 5) is 26.7. The Morgan fingerprint density at radius 2 is 1.64 bits per heavy atom. The second-order valence-electron chi connectivity index (χ2n) is 6.91. The van der Waals surface area contributed by atoms with Crippen LogP contribution in [0.3, 0.4) is 0 Å². The minimum absolute atomic E-state index is 0. The van der Waals surface area contributed by atoms with E-state index in [0.717, 1.165) is 11.8 Å². The van der Waals surface area contributed by atoms with Crippen LogP contribution in [0.25, 0.3) is 0 Å². The zero-order valence-electron chi connectivity index (χ0n) is 16.7. The van der Waals surface area contributed by atoms with E-state index in [9.17, 15) is 18.0 Å². The van der Waals surface area contributed by atoms with Gasteiger partial charge in [-0.2, -0.15) is 0 Å². The van der Waals surface area contributed by atoms with Gasteiger partial charge in [-0.3, -0.25) is 9.59 Å². The average Bonchev–Trinajstić information content (AvgIpc) is 2.64. The molecule has 1 aliphatic rings. The summed E-state index contributed by atoms with van der Waals surface area (Å²) in [6.07, 6.45) is 1.94. The highest BCUT2D eigenvalue weighted by Gasteiger charge is 2.48. The van der Waals surface area contributed by atoms with Gasteiger partial charge in [-0.15, -0.1) is 12.4 Å². The molecule has 0 spiro atoms. The second-order valence-corrected chi connectivity index (χ2v) is 9.24. The average molecular weight is 432 g/mol. The number of hydrogen-bond acceptors (Lipinski definition) is 5. The Kier molecular flexibility index (Phi) is 8.91. The maximum Gasteiger partial charge on any atom is 0.245 e. The van der Waals surface area contributed by atoms with E-state index >= 15 is 0 Å². The third-order valence-corrected chi connectivity index (χ3v) is 7.23. The van der Waals surface area contributed by atoms with Crippen LogP contribution in [0, 0.1) is 0 Å². The summed E-state index contributed by atoms with van der Waals surface area (Å²) in [5.74, 6) is -0.430. The van der Waals surface area contributed by atoms with Crippen molar-refractivity contribution in [2.75, 3.05) is 37.8 Å². The first kappa shape index (κ1) is 24.4. The normalized spacial score (nSPS) is 16.0. The summed E-state index contributed by atoms with van der Waals surface area (Å²) in [5, 5.41) is 5.84. The standard InChI is InChI=1S/C19H29N3O4S.ClH/c1-4-22(5-2)17(23)14-15-6-8-16(9-7-15)21-18(24)19(27(3,25)26)10-12-20-13-11-19;/h6-9,20H,4-5,10-14H2,1-3H3,(H,21,24);1H. The van der Waals surface area contributed by atoms with E-state index in [1.165, 1.54) is 0 Å². The van der Waals surface area contributed by atoms with Crippen molar-refractivity contribution in [1.82, 2.24) is 10.2 Å². The number of halogens is 1. The van der Waals surface area contributed by atoms with Gasteiger partial charge in [-0.05, 0) is 57.5 Å². The summed E-state index contributed by atoms with van der Waals surface area (Å²) in [5.41, 5.74) is 1.38. The molecule has 0 bridgehead atoms. The number of rotatable bonds is 7. The molecular weight excluding hydrogens is 402 g/mol. The van der Waals surface area contributed by atoms with Gasteiger partial charge >= 0.3 is 0 Å². The van der Waals surface area contributed by atoms with Gasteiger partial charge in [0.1, 0.15) is 0 Å². The first-order chi connectivity index (χ1) is 12.7. The molecular formula is C19H30ClN3O4S. The number of piperidine rings is 1. The molecule has 1 aromatic carbocycles. The topological polar surface area (TPSA) is 95.6 Å². The fourth-order valence-corrected chi connectivity index (χ4v) is 4.74. The number of nitrogens with zero attached hydrogens (tertiary/aromatic N) is 1. The van der Waals surface area contributed by atoms with Crippen molar-refractivity contribution in [3.8, 4) is 0 Å². The molecule has 1 saturated heterocycles. The molecule has 0 saturated carbocycles. The highest BCUT2D eigenvalue weighted by molar-refractivity contribution is 7.92. The Hall–Kier alpha value is -1.64. The first-order valence-electron chi connectivity index (χ1n) is 9.32. The van der Waals surface area contributed by atoms with E-state index in [4.69, 9.17) is 0 Å². The van der Waals surface area contributed by atoms with E-state index < -0.39 is 20.5 Å². The lowest BCUT2D eigenvalue weighted by atomic mass is 9.95. The van der Waals surface area contributed by atoms with Crippen molar-refractivity contribution in [2.24, 2.45) is 0 Å². The van der Waals surface area contributed by atoms with Crippen molar-refractivity contribution in [2.45, 2.75) is 37.9 Å². The zero-order chi connectivity index (χ0) is 20.1. The van der Waals surface area contributed by atoms with E-state index in [1.54, 1.807) is 29.2 Å². The molecule has 1 heterocycles. The van der Waals surface area contributed by atoms with Gasteiger partial charge < -0.3 is 15.5 Å². The van der Waals surface area contributed by atoms with E-state index in [-0.39, 0.29) is 31.2 Å². The maximum atomic E-state index is 12.8. The maximum absolute atomic E-state index is 12.8. The van der Waals surface area contributed by atoms with E-state index in [1.807, 2.05) is 13.8 Å². The van der Waals surface area contributed by atoms with Crippen molar-refractivity contribution in [1.29, 1.82) is 0 Å². The van der Waals surface area contributed by atoms with Crippen molar-refractivity contribution >= 4 is 39.7 Å². The molecule has 0 aromatic heterocycles. The van der Waals surface area contributed by atoms with Gasteiger partial charge in [0.2, 0.25) is 11.8 Å². The van der Waals surface area contributed by atoms with Gasteiger partial charge in [0.15, 0.2) is 14.6 Å². The highest BCUT2D eigenvalue weighted by Crippen LogP contribution is 2.29. The van der Waals surface area contributed by atoms with Crippen LogP contribution < -0.4 is 10.6 Å². The summed E-state index contributed by atoms with van der Waals surface area (Å²) in [6.45, 7) is 6.22. The SMILES string of the molecule is CCN(CC)C(=O)Cc1ccc(NC(=O)C2(S(C)(=O)=O)CCNCC2)cc1.Cl. The van der Waals surface area contributed by atoms with Crippen LogP contribution in [0.2, 0.25) is 0 Å². The molecule has 9 heteroatoms. The van der Waals surface area contributed by atoms with E-state index in [0.29, 0.717) is 38.3 Å². The minimum Gasteiger partial charge on any atom is -0.343 e. The molecule has 1 aromatic rings. The smallest absolute Gasteiger partial charge is 0.245 e. The van der Waals surface area contributed by atoms with Crippen LogP contribution in [0.1, 0.15) is 32.3 Å². The third kappa shape index (κ3) is 5.46. The molecule has 7 nitrogen and oxygen atoms in total. The molecule has 1 aliphatic heterocycles. The van der Waals surface area contributed by atoms with Crippen LogP contribution in [-0.2, 0) is 25.8 Å². The van der Waals surface area contributed by atoms with Gasteiger partial charge in [0, 0.05) is 25.0 Å². The number of amides is 2. The Labute approximate surface area is 173 Å². The van der Waals surface area contributed by atoms with E-state index in [2.05, 4.69) is 10.6 Å². The molecule has 2 amide bonds. The first-order valence-corrected chi connectivity index (χ1v) is 11.2. The monoisotopic (exact) mass is 431 g/mol. The molecule has 2 N–H and O–H groups in total. The Bertz CT molecular complexity index is 771. The van der Waals surface area contributed by atoms with Gasteiger partial charge in [-0.1, -0.05) is 12.1 Å². The quantitative estimate of drug-likeness (QED) is 0.684. The number of likely N-dealkylation sites (N-methyl/N-ethyl adjacent to an activating group) is 1. The Balaban J connectivity index is 0.00000392. The summed E-state index contributed by atoms with van der Waals surface area (Å²) < 4.78 is 23.2. The molecule has 0 unspecified atom stereocenters. The molecule has 28 heavy (non-hydrogen) atoms.